The van der Waals surface area contributed by atoms with E-state index in [-0.39, 0.29) is 24.2 Å². The number of amides is 1. The first-order valence-electron chi connectivity index (χ1n) is 10.4. The molecular weight excluding hydrogens is 344 g/mol. The maximum Gasteiger partial charge on any atom is 0.248 e. The molecular formula is C20H40N4O3. The summed E-state index contributed by atoms with van der Waals surface area (Å²) < 4.78 is 11.5. The molecule has 7 nitrogen and oxygen atoms in total. The zero-order valence-electron chi connectivity index (χ0n) is 18.0. The molecule has 2 rings (SSSR count). The molecule has 1 amide bonds. The molecule has 0 radical (unpaired) electrons. The SMILES string of the molecule is CCN(CCN(C)C1CCN(C)CC1)C(=O)COC[C@@H]1COC(C)(C)CN1. The molecule has 1 N–H and O–H groups in total. The number of ether oxygens (including phenoxy) is 2. The fourth-order valence-electron chi connectivity index (χ4n) is 3.67. The summed E-state index contributed by atoms with van der Waals surface area (Å²) >= 11 is 0. The van der Waals surface area contributed by atoms with Gasteiger partial charge in [0.25, 0.3) is 0 Å². The molecule has 0 aromatic carbocycles. The summed E-state index contributed by atoms with van der Waals surface area (Å²) in [5.41, 5.74) is -0.120. The highest BCUT2D eigenvalue weighted by atomic mass is 16.5. The van der Waals surface area contributed by atoms with Crippen LogP contribution in [-0.4, -0.2) is 111 Å². The standard InChI is InChI=1S/C20H40N4O3/c1-6-24(12-11-23(5)18-7-9-22(4)10-8-18)19(25)15-26-13-17-14-27-20(2,3)16-21-17/h17-18,21H,6-16H2,1-5H3/t17-/m1/s1. The van der Waals surface area contributed by atoms with Gasteiger partial charge in [-0.25, -0.2) is 0 Å². The van der Waals surface area contributed by atoms with Crippen LogP contribution in [0, 0.1) is 0 Å². The Hall–Kier alpha value is -0.730. The Morgan fingerprint density at radius 1 is 1.30 bits per heavy atom. The van der Waals surface area contributed by atoms with E-state index >= 15 is 0 Å². The third kappa shape index (κ3) is 7.66. The lowest BCUT2D eigenvalue weighted by Gasteiger charge is -2.36. The van der Waals surface area contributed by atoms with Gasteiger partial charge >= 0.3 is 0 Å². The van der Waals surface area contributed by atoms with E-state index in [0.29, 0.717) is 19.3 Å². The van der Waals surface area contributed by atoms with E-state index < -0.39 is 0 Å². The Kier molecular flexibility index (Phi) is 8.95. The van der Waals surface area contributed by atoms with Gasteiger partial charge in [-0.05, 0) is 60.8 Å². The molecule has 2 fully saturated rings. The van der Waals surface area contributed by atoms with Gasteiger partial charge in [0.1, 0.15) is 6.61 Å². The number of hydrogen-bond acceptors (Lipinski definition) is 6. The van der Waals surface area contributed by atoms with Crippen LogP contribution < -0.4 is 5.32 Å². The molecule has 1 atom stereocenters. The number of likely N-dealkylation sites (N-methyl/N-ethyl adjacent to an activating group) is 2. The first kappa shape index (κ1) is 22.6. The monoisotopic (exact) mass is 384 g/mol. The summed E-state index contributed by atoms with van der Waals surface area (Å²) in [5.74, 6) is 0.0753. The summed E-state index contributed by atoms with van der Waals surface area (Å²) in [7, 11) is 4.37. The second kappa shape index (κ2) is 10.7. The molecule has 2 aliphatic rings. The first-order valence-corrected chi connectivity index (χ1v) is 10.4. The molecule has 2 aliphatic heterocycles. The predicted molar refractivity (Wildman–Crippen MR) is 108 cm³/mol. The van der Waals surface area contributed by atoms with Crippen LogP contribution in [0.15, 0.2) is 0 Å². The third-order valence-electron chi connectivity index (χ3n) is 5.80. The van der Waals surface area contributed by atoms with Crippen molar-refractivity contribution in [1.29, 1.82) is 0 Å². The predicted octanol–water partition coefficient (Wildman–Crippen LogP) is 0.645. The number of morpholine rings is 1. The van der Waals surface area contributed by atoms with Crippen LogP contribution >= 0.6 is 0 Å². The molecule has 2 saturated heterocycles. The number of carbonyl (C=O) groups excluding carboxylic acids is 1. The lowest BCUT2D eigenvalue weighted by Crippen LogP contribution is -2.53. The average molecular weight is 385 g/mol. The molecule has 0 aromatic heterocycles. The van der Waals surface area contributed by atoms with Crippen molar-refractivity contribution in [2.75, 3.05) is 73.2 Å². The van der Waals surface area contributed by atoms with Crippen LogP contribution in [0.1, 0.15) is 33.6 Å². The Morgan fingerprint density at radius 2 is 2.00 bits per heavy atom. The molecule has 0 unspecified atom stereocenters. The average Bonchev–Trinajstić information content (AvgIpc) is 2.64. The van der Waals surface area contributed by atoms with Crippen molar-refractivity contribution in [2.24, 2.45) is 0 Å². The summed E-state index contributed by atoms with van der Waals surface area (Å²) in [6.45, 7) is 13.0. The Balaban J connectivity index is 1.63. The number of nitrogens with zero attached hydrogens (tertiary/aromatic N) is 3. The van der Waals surface area contributed by atoms with Crippen molar-refractivity contribution in [3.8, 4) is 0 Å². The Labute approximate surface area is 165 Å². The van der Waals surface area contributed by atoms with E-state index in [2.05, 4.69) is 43.1 Å². The van der Waals surface area contributed by atoms with Gasteiger partial charge in [0.05, 0.1) is 24.9 Å². The van der Waals surface area contributed by atoms with Crippen LogP contribution in [0.4, 0.5) is 0 Å². The maximum atomic E-state index is 12.5. The number of piperidine rings is 1. The van der Waals surface area contributed by atoms with Gasteiger partial charge in [0.2, 0.25) is 5.91 Å². The molecule has 2 heterocycles. The normalized spacial score (nSPS) is 24.3. The van der Waals surface area contributed by atoms with Gasteiger partial charge in [-0.1, -0.05) is 0 Å². The molecule has 0 bridgehead atoms. The summed E-state index contributed by atoms with van der Waals surface area (Å²) in [6.07, 6.45) is 2.42. The van der Waals surface area contributed by atoms with Gasteiger partial charge in [-0.15, -0.1) is 0 Å². The summed E-state index contributed by atoms with van der Waals surface area (Å²) in [6, 6.07) is 0.796. The van der Waals surface area contributed by atoms with Gasteiger partial charge < -0.3 is 29.5 Å². The molecule has 158 valence electrons. The third-order valence-corrected chi connectivity index (χ3v) is 5.80. The Morgan fingerprint density at radius 3 is 2.59 bits per heavy atom. The smallest absolute Gasteiger partial charge is 0.248 e. The Bertz CT molecular complexity index is 443. The van der Waals surface area contributed by atoms with Crippen molar-refractivity contribution in [2.45, 2.75) is 51.3 Å². The van der Waals surface area contributed by atoms with Crippen LogP contribution in [0.3, 0.4) is 0 Å². The highest BCUT2D eigenvalue weighted by Crippen LogP contribution is 2.14. The van der Waals surface area contributed by atoms with E-state index in [4.69, 9.17) is 9.47 Å². The van der Waals surface area contributed by atoms with Crippen molar-refractivity contribution in [3.05, 3.63) is 0 Å². The van der Waals surface area contributed by atoms with E-state index in [9.17, 15) is 4.79 Å². The lowest BCUT2D eigenvalue weighted by molar-refractivity contribution is -0.137. The zero-order chi connectivity index (χ0) is 19.9. The molecule has 7 heteroatoms. The second-order valence-corrected chi connectivity index (χ2v) is 8.65. The highest BCUT2D eigenvalue weighted by molar-refractivity contribution is 5.77. The minimum atomic E-state index is -0.120. The lowest BCUT2D eigenvalue weighted by atomic mass is 10.0. The van der Waals surface area contributed by atoms with Crippen LogP contribution in [-0.2, 0) is 14.3 Å². The van der Waals surface area contributed by atoms with Crippen LogP contribution in [0.5, 0.6) is 0 Å². The van der Waals surface area contributed by atoms with Crippen molar-refractivity contribution in [3.63, 3.8) is 0 Å². The van der Waals surface area contributed by atoms with Gasteiger partial charge in [0.15, 0.2) is 0 Å². The highest BCUT2D eigenvalue weighted by Gasteiger charge is 2.27. The molecule has 27 heavy (non-hydrogen) atoms. The van der Waals surface area contributed by atoms with Gasteiger partial charge in [-0.3, -0.25) is 4.79 Å². The maximum absolute atomic E-state index is 12.5. The molecule has 0 aromatic rings. The zero-order valence-corrected chi connectivity index (χ0v) is 18.0. The molecule has 0 aliphatic carbocycles. The minimum Gasteiger partial charge on any atom is -0.373 e. The fourth-order valence-corrected chi connectivity index (χ4v) is 3.67. The quantitative estimate of drug-likeness (QED) is 0.630. The second-order valence-electron chi connectivity index (χ2n) is 8.65. The number of rotatable bonds is 9. The molecule has 0 saturated carbocycles. The number of likely N-dealkylation sites (tertiary alicyclic amines) is 1. The largest absolute Gasteiger partial charge is 0.373 e. The van der Waals surface area contributed by atoms with Gasteiger partial charge in [0, 0.05) is 32.2 Å². The summed E-state index contributed by atoms with van der Waals surface area (Å²) in [5, 5.41) is 3.42. The van der Waals surface area contributed by atoms with E-state index in [1.807, 2.05) is 11.8 Å². The topological polar surface area (TPSA) is 57.3 Å². The van der Waals surface area contributed by atoms with E-state index in [0.717, 1.165) is 39.3 Å². The van der Waals surface area contributed by atoms with Crippen molar-refractivity contribution >= 4 is 5.91 Å². The van der Waals surface area contributed by atoms with Crippen molar-refractivity contribution < 1.29 is 14.3 Å². The van der Waals surface area contributed by atoms with Gasteiger partial charge in [-0.2, -0.15) is 0 Å². The number of carbonyl (C=O) groups is 1. The molecule has 0 spiro atoms. The van der Waals surface area contributed by atoms with E-state index in [1.54, 1.807) is 0 Å². The van der Waals surface area contributed by atoms with Crippen molar-refractivity contribution in [1.82, 2.24) is 20.0 Å². The van der Waals surface area contributed by atoms with E-state index in [1.165, 1.54) is 12.8 Å². The number of nitrogens with one attached hydrogen (secondary N) is 1. The minimum absolute atomic E-state index is 0.0753. The fraction of sp³-hybridized carbons (Fsp3) is 0.950. The number of hydrogen-bond donors (Lipinski definition) is 1. The van der Waals surface area contributed by atoms with Crippen LogP contribution in [0.25, 0.3) is 0 Å². The van der Waals surface area contributed by atoms with Crippen LogP contribution in [0.2, 0.25) is 0 Å². The summed E-state index contributed by atoms with van der Waals surface area (Å²) in [4.78, 5) is 19.2. The first-order chi connectivity index (χ1) is 12.8.